The molecule has 0 aliphatic rings. The lowest BCUT2D eigenvalue weighted by Gasteiger charge is -2.13. The van der Waals surface area contributed by atoms with Gasteiger partial charge in [0.25, 0.3) is 0 Å². The van der Waals surface area contributed by atoms with Crippen LogP contribution in [0, 0.1) is 5.82 Å². The van der Waals surface area contributed by atoms with Crippen LogP contribution < -0.4 is 9.88 Å². The summed E-state index contributed by atoms with van der Waals surface area (Å²) in [6, 6.07) is 14.0. The Hall–Kier alpha value is -2.81. The maximum atomic E-state index is 14.3. The summed E-state index contributed by atoms with van der Waals surface area (Å²) in [5, 5.41) is 15.1. The van der Waals surface area contributed by atoms with Crippen LogP contribution in [0.5, 0.6) is 5.75 Å². The number of pyridine rings is 1. The second kappa shape index (κ2) is 9.13. The molecule has 3 N–H and O–H groups in total. The fourth-order valence-corrected chi connectivity index (χ4v) is 3.32. The Morgan fingerprint density at radius 1 is 1.14 bits per heavy atom. The Morgan fingerprint density at radius 3 is 2.52 bits per heavy atom. The second-order valence-electron chi connectivity index (χ2n) is 6.58. The van der Waals surface area contributed by atoms with E-state index < -0.39 is 21.9 Å². The maximum Gasteiger partial charge on any atom is 0.238 e. The normalized spacial score (nSPS) is 12.5. The zero-order valence-electron chi connectivity index (χ0n) is 15.5. The number of rotatable bonds is 8. The highest BCUT2D eigenvalue weighted by Crippen LogP contribution is 2.26. The average Bonchev–Trinajstić information content (AvgIpc) is 2.71. The van der Waals surface area contributed by atoms with Gasteiger partial charge in [-0.15, -0.1) is 0 Å². The summed E-state index contributed by atoms with van der Waals surface area (Å²) in [6.45, 7) is 0.136. The molecule has 0 spiro atoms. The van der Waals surface area contributed by atoms with Gasteiger partial charge >= 0.3 is 0 Å². The molecule has 29 heavy (non-hydrogen) atoms. The van der Waals surface area contributed by atoms with Gasteiger partial charge in [-0.2, -0.15) is 0 Å². The number of hydrogen-bond acceptors (Lipinski definition) is 5. The topological polar surface area (TPSA) is 103 Å². The van der Waals surface area contributed by atoms with E-state index in [0.29, 0.717) is 24.2 Å². The van der Waals surface area contributed by atoms with E-state index in [9.17, 15) is 17.9 Å². The fourth-order valence-electron chi connectivity index (χ4n) is 2.79. The number of primary sulfonamides is 1. The van der Waals surface area contributed by atoms with E-state index in [4.69, 9.17) is 9.88 Å². The Kier molecular flexibility index (Phi) is 6.58. The van der Waals surface area contributed by atoms with Crippen LogP contribution >= 0.6 is 0 Å². The summed E-state index contributed by atoms with van der Waals surface area (Å²) < 4.78 is 42.4. The van der Waals surface area contributed by atoms with Gasteiger partial charge in [0.2, 0.25) is 10.0 Å². The molecule has 1 atom stereocenters. The third-order valence-corrected chi connectivity index (χ3v) is 5.28. The lowest BCUT2D eigenvalue weighted by atomic mass is 10.1. The molecule has 0 aliphatic carbocycles. The Morgan fingerprint density at radius 2 is 1.90 bits per heavy atom. The number of nitrogens with two attached hydrogens (primary N) is 1. The molecule has 0 aliphatic heterocycles. The number of ether oxygens (including phenoxy) is 1. The van der Waals surface area contributed by atoms with Crippen molar-refractivity contribution in [3.8, 4) is 16.9 Å². The van der Waals surface area contributed by atoms with E-state index in [0.717, 1.165) is 11.6 Å². The Bertz CT molecular complexity index is 1060. The first-order valence-electron chi connectivity index (χ1n) is 8.95. The molecular weight excluding hydrogens is 395 g/mol. The third kappa shape index (κ3) is 5.83. The molecule has 3 aromatic rings. The molecule has 3 rings (SSSR count). The van der Waals surface area contributed by atoms with Crippen molar-refractivity contribution in [1.29, 1.82) is 0 Å². The molecule has 0 radical (unpaired) electrons. The summed E-state index contributed by atoms with van der Waals surface area (Å²) in [5.74, 6) is -0.147. The van der Waals surface area contributed by atoms with Gasteiger partial charge in [-0.1, -0.05) is 24.3 Å². The van der Waals surface area contributed by atoms with Crippen LogP contribution in [0.4, 0.5) is 4.39 Å². The fraction of sp³-hybridized carbons (Fsp3) is 0.190. The van der Waals surface area contributed by atoms with E-state index in [1.165, 1.54) is 12.1 Å². The molecule has 0 saturated carbocycles. The van der Waals surface area contributed by atoms with Crippen molar-refractivity contribution in [1.82, 2.24) is 4.98 Å². The summed E-state index contributed by atoms with van der Waals surface area (Å²) in [7, 11) is -3.96. The standard InChI is InChI=1S/C21H21FN2O4S/c22-21-12-19(29(23,26)27)9-10-20(21)16-4-7-18(8-5-16)28-14-17(25)6-3-15-2-1-11-24-13-15/h1-2,4-5,7-13,17,25H,3,6,14H2,(H2,23,26,27)/t17-/m1/s1. The van der Waals surface area contributed by atoms with Crippen molar-refractivity contribution in [2.75, 3.05) is 6.61 Å². The monoisotopic (exact) mass is 416 g/mol. The molecule has 1 aromatic heterocycles. The van der Waals surface area contributed by atoms with Crippen molar-refractivity contribution < 1.29 is 22.7 Å². The van der Waals surface area contributed by atoms with Crippen molar-refractivity contribution in [3.05, 3.63) is 78.4 Å². The first-order valence-corrected chi connectivity index (χ1v) is 10.5. The lowest BCUT2D eigenvalue weighted by molar-refractivity contribution is 0.100. The predicted molar refractivity (Wildman–Crippen MR) is 107 cm³/mol. The number of aromatic nitrogens is 1. The van der Waals surface area contributed by atoms with Crippen molar-refractivity contribution in [2.24, 2.45) is 5.14 Å². The van der Waals surface area contributed by atoms with Gasteiger partial charge in [0.05, 0.1) is 11.0 Å². The first-order chi connectivity index (χ1) is 13.8. The highest BCUT2D eigenvalue weighted by molar-refractivity contribution is 7.89. The molecule has 0 bridgehead atoms. The average molecular weight is 416 g/mol. The number of aliphatic hydroxyl groups is 1. The van der Waals surface area contributed by atoms with Crippen LogP contribution in [-0.2, 0) is 16.4 Å². The predicted octanol–water partition coefficient (Wildman–Crippen LogP) is 2.91. The number of halogens is 1. The molecule has 6 nitrogen and oxygen atoms in total. The van der Waals surface area contributed by atoms with Gasteiger partial charge in [0.15, 0.2) is 0 Å². The van der Waals surface area contributed by atoms with Crippen LogP contribution in [0.1, 0.15) is 12.0 Å². The molecule has 0 saturated heterocycles. The van der Waals surface area contributed by atoms with Crippen LogP contribution in [0.3, 0.4) is 0 Å². The summed E-state index contributed by atoms with van der Waals surface area (Å²) in [6.07, 6.45) is 4.09. The number of sulfonamides is 1. The van der Waals surface area contributed by atoms with Gasteiger partial charge in [-0.25, -0.2) is 17.9 Å². The molecular formula is C21H21FN2O4S. The van der Waals surface area contributed by atoms with Gasteiger partial charge in [0, 0.05) is 18.0 Å². The van der Waals surface area contributed by atoms with Crippen LogP contribution in [0.15, 0.2) is 71.9 Å². The molecule has 0 amide bonds. The van der Waals surface area contributed by atoms with E-state index in [2.05, 4.69) is 4.98 Å². The number of nitrogens with zero attached hydrogens (tertiary/aromatic N) is 1. The number of aryl methyl sites for hydroxylation is 1. The zero-order chi connectivity index (χ0) is 20.9. The third-order valence-electron chi connectivity index (χ3n) is 4.37. The largest absolute Gasteiger partial charge is 0.491 e. The van der Waals surface area contributed by atoms with Crippen molar-refractivity contribution in [2.45, 2.75) is 23.8 Å². The van der Waals surface area contributed by atoms with Gasteiger partial charge in [-0.3, -0.25) is 4.98 Å². The second-order valence-corrected chi connectivity index (χ2v) is 8.14. The minimum atomic E-state index is -3.96. The molecule has 152 valence electrons. The van der Waals surface area contributed by atoms with Crippen LogP contribution in [0.25, 0.3) is 11.1 Å². The van der Waals surface area contributed by atoms with Gasteiger partial charge < -0.3 is 9.84 Å². The summed E-state index contributed by atoms with van der Waals surface area (Å²) in [4.78, 5) is 3.76. The Balaban J connectivity index is 1.57. The number of aliphatic hydroxyl groups excluding tert-OH is 1. The minimum absolute atomic E-state index is 0.136. The van der Waals surface area contributed by atoms with E-state index in [1.54, 1.807) is 36.7 Å². The highest BCUT2D eigenvalue weighted by atomic mass is 32.2. The molecule has 1 heterocycles. The number of benzene rings is 2. The summed E-state index contributed by atoms with van der Waals surface area (Å²) >= 11 is 0. The van der Waals surface area contributed by atoms with Crippen molar-refractivity contribution >= 4 is 10.0 Å². The van der Waals surface area contributed by atoms with Gasteiger partial charge in [-0.05, 0) is 54.3 Å². The van der Waals surface area contributed by atoms with E-state index in [-0.39, 0.29) is 17.1 Å². The highest BCUT2D eigenvalue weighted by Gasteiger charge is 2.13. The molecule has 0 unspecified atom stereocenters. The molecule has 2 aromatic carbocycles. The quantitative estimate of drug-likeness (QED) is 0.588. The van der Waals surface area contributed by atoms with Gasteiger partial charge in [0.1, 0.15) is 18.2 Å². The van der Waals surface area contributed by atoms with Crippen LogP contribution in [0.2, 0.25) is 0 Å². The van der Waals surface area contributed by atoms with Crippen molar-refractivity contribution in [3.63, 3.8) is 0 Å². The minimum Gasteiger partial charge on any atom is -0.491 e. The smallest absolute Gasteiger partial charge is 0.238 e. The Labute approximate surface area is 168 Å². The molecule has 0 fully saturated rings. The molecule has 8 heteroatoms. The first kappa shape index (κ1) is 20.9. The zero-order valence-corrected chi connectivity index (χ0v) is 16.3. The maximum absolute atomic E-state index is 14.3. The lowest BCUT2D eigenvalue weighted by Crippen LogP contribution is -2.18. The van der Waals surface area contributed by atoms with E-state index >= 15 is 0 Å². The summed E-state index contributed by atoms with van der Waals surface area (Å²) in [5.41, 5.74) is 1.86. The number of hydrogen-bond donors (Lipinski definition) is 2. The van der Waals surface area contributed by atoms with E-state index in [1.807, 2.05) is 12.1 Å². The SMILES string of the molecule is NS(=O)(=O)c1ccc(-c2ccc(OC[C@H](O)CCc3cccnc3)cc2)c(F)c1. The van der Waals surface area contributed by atoms with Crippen LogP contribution in [-0.4, -0.2) is 31.2 Å².